The van der Waals surface area contributed by atoms with E-state index in [2.05, 4.69) is 9.82 Å². The molecule has 2 rings (SSSR count). The Labute approximate surface area is 142 Å². The molecule has 0 aliphatic carbocycles. The van der Waals surface area contributed by atoms with E-state index in [-0.39, 0.29) is 27.0 Å². The van der Waals surface area contributed by atoms with Crippen molar-refractivity contribution in [2.24, 2.45) is 0 Å². The average Bonchev–Trinajstić information content (AvgIpc) is 2.70. The van der Waals surface area contributed by atoms with Crippen LogP contribution in [0.4, 0.5) is 14.5 Å². The third-order valence-electron chi connectivity index (χ3n) is 3.25. The lowest BCUT2D eigenvalue weighted by Gasteiger charge is -2.11. The van der Waals surface area contributed by atoms with Crippen molar-refractivity contribution in [2.75, 3.05) is 4.72 Å². The number of alkyl halides is 2. The van der Waals surface area contributed by atoms with Crippen molar-refractivity contribution in [2.45, 2.75) is 32.2 Å². The van der Waals surface area contributed by atoms with Gasteiger partial charge in [-0.15, -0.1) is 0 Å². The van der Waals surface area contributed by atoms with E-state index in [9.17, 15) is 17.2 Å². The molecule has 0 unspecified atom stereocenters. The molecule has 0 amide bonds. The molecule has 0 saturated carbocycles. The lowest BCUT2D eigenvalue weighted by atomic mass is 10.2. The summed E-state index contributed by atoms with van der Waals surface area (Å²) in [4.78, 5) is -0.190. The summed E-state index contributed by atoms with van der Waals surface area (Å²) in [5.41, 5.74) is 0.651. The van der Waals surface area contributed by atoms with Crippen LogP contribution >= 0.6 is 23.2 Å². The van der Waals surface area contributed by atoms with Crippen LogP contribution in [0.15, 0.2) is 17.0 Å². The van der Waals surface area contributed by atoms with Gasteiger partial charge in [0, 0.05) is 5.02 Å². The van der Waals surface area contributed by atoms with E-state index in [4.69, 9.17) is 23.2 Å². The van der Waals surface area contributed by atoms with Crippen molar-refractivity contribution >= 4 is 38.9 Å². The highest BCUT2D eigenvalue weighted by Crippen LogP contribution is 2.31. The average molecular weight is 384 g/mol. The van der Waals surface area contributed by atoms with Crippen LogP contribution in [0, 0.1) is 20.8 Å². The topological polar surface area (TPSA) is 64.0 Å². The Morgan fingerprint density at radius 2 is 1.78 bits per heavy atom. The predicted octanol–water partition coefficient (Wildman–Crippen LogP) is 4.31. The number of hydrogen-bond acceptors (Lipinski definition) is 3. The molecule has 0 fully saturated rings. The number of nitrogens with zero attached hydrogens (tertiary/aromatic N) is 2. The molecule has 0 bridgehead atoms. The van der Waals surface area contributed by atoms with Crippen LogP contribution in [-0.4, -0.2) is 18.2 Å². The van der Waals surface area contributed by atoms with Gasteiger partial charge in [0.15, 0.2) is 0 Å². The molecular weight excluding hydrogens is 371 g/mol. The van der Waals surface area contributed by atoms with Gasteiger partial charge in [0.2, 0.25) is 0 Å². The molecule has 5 nitrogen and oxygen atoms in total. The summed E-state index contributed by atoms with van der Waals surface area (Å²) in [7, 11) is -4.08. The molecule has 23 heavy (non-hydrogen) atoms. The third kappa shape index (κ3) is 3.44. The van der Waals surface area contributed by atoms with E-state index < -0.39 is 16.6 Å². The summed E-state index contributed by atoms with van der Waals surface area (Å²) in [5, 5.41) is 3.89. The largest absolute Gasteiger partial charge is 0.333 e. The minimum atomic E-state index is -4.08. The minimum Gasteiger partial charge on any atom is -0.276 e. The van der Waals surface area contributed by atoms with Crippen molar-refractivity contribution in [3.05, 3.63) is 39.1 Å². The van der Waals surface area contributed by atoms with Crippen molar-refractivity contribution in [3.63, 3.8) is 0 Å². The lowest BCUT2D eigenvalue weighted by molar-refractivity contribution is 0.0542. The summed E-state index contributed by atoms with van der Waals surface area (Å²) in [6.45, 7) is 1.54. The minimum absolute atomic E-state index is 0.00267. The maximum atomic E-state index is 12.8. The SMILES string of the molecule is Cc1cc(S(=O)(=O)Nc2c(C)nn(C(F)F)c2C)c(Cl)cc1Cl. The Balaban J connectivity index is 2.50. The van der Waals surface area contributed by atoms with E-state index in [0.29, 0.717) is 15.3 Å². The second-order valence-corrected chi connectivity index (χ2v) is 7.37. The van der Waals surface area contributed by atoms with Crippen molar-refractivity contribution in [3.8, 4) is 0 Å². The molecule has 1 aromatic heterocycles. The van der Waals surface area contributed by atoms with E-state index in [0.717, 1.165) is 0 Å². The van der Waals surface area contributed by atoms with Gasteiger partial charge in [-0.25, -0.2) is 13.1 Å². The molecule has 1 N–H and O–H groups in total. The first kappa shape index (κ1) is 18.0. The molecule has 10 heteroatoms. The maximum absolute atomic E-state index is 12.8. The maximum Gasteiger partial charge on any atom is 0.333 e. The first-order valence-corrected chi connectivity index (χ1v) is 8.61. The highest BCUT2D eigenvalue weighted by molar-refractivity contribution is 7.92. The third-order valence-corrected chi connectivity index (χ3v) is 5.47. The van der Waals surface area contributed by atoms with Gasteiger partial charge in [0.25, 0.3) is 10.0 Å². The Kier molecular flexibility index (Phi) is 4.89. The fourth-order valence-corrected chi connectivity index (χ4v) is 4.04. The molecule has 0 spiro atoms. The molecule has 0 aliphatic heterocycles. The van der Waals surface area contributed by atoms with Gasteiger partial charge in [0.1, 0.15) is 4.90 Å². The van der Waals surface area contributed by atoms with Crippen LogP contribution < -0.4 is 4.72 Å². The normalized spacial score (nSPS) is 12.0. The first-order chi connectivity index (χ1) is 10.5. The van der Waals surface area contributed by atoms with E-state index in [1.165, 1.54) is 26.0 Å². The van der Waals surface area contributed by atoms with E-state index in [1.807, 2.05) is 0 Å². The number of halogens is 4. The van der Waals surface area contributed by atoms with E-state index in [1.54, 1.807) is 6.92 Å². The fourth-order valence-electron chi connectivity index (χ4n) is 2.03. The molecule has 0 radical (unpaired) electrons. The monoisotopic (exact) mass is 383 g/mol. The van der Waals surface area contributed by atoms with Crippen LogP contribution in [0.1, 0.15) is 23.5 Å². The summed E-state index contributed by atoms with van der Waals surface area (Å²) < 4.78 is 53.4. The predicted molar refractivity (Wildman–Crippen MR) is 85.0 cm³/mol. The molecular formula is C13H13Cl2F2N3O2S. The molecule has 126 valence electrons. The number of aryl methyl sites for hydroxylation is 2. The Morgan fingerprint density at radius 1 is 1.17 bits per heavy atom. The van der Waals surface area contributed by atoms with Crippen molar-refractivity contribution in [1.82, 2.24) is 9.78 Å². The molecule has 2 aromatic rings. The molecule has 1 aromatic carbocycles. The highest BCUT2D eigenvalue weighted by Gasteiger charge is 2.24. The molecule has 0 saturated heterocycles. The Hall–Kier alpha value is -1.38. The van der Waals surface area contributed by atoms with Gasteiger partial charge >= 0.3 is 6.55 Å². The smallest absolute Gasteiger partial charge is 0.276 e. The fraction of sp³-hybridized carbons (Fsp3) is 0.308. The first-order valence-electron chi connectivity index (χ1n) is 6.37. The van der Waals surface area contributed by atoms with Crippen molar-refractivity contribution < 1.29 is 17.2 Å². The second-order valence-electron chi connectivity index (χ2n) is 4.91. The summed E-state index contributed by atoms with van der Waals surface area (Å²) >= 11 is 11.8. The van der Waals surface area contributed by atoms with Gasteiger partial charge in [-0.3, -0.25) is 4.72 Å². The number of hydrogen-bond donors (Lipinski definition) is 1. The summed E-state index contributed by atoms with van der Waals surface area (Å²) in [6.07, 6.45) is 0. The molecule has 0 aliphatic rings. The van der Waals surface area contributed by atoms with Gasteiger partial charge in [0.05, 0.1) is 22.1 Å². The Morgan fingerprint density at radius 3 is 2.30 bits per heavy atom. The molecule has 0 atom stereocenters. The van der Waals surface area contributed by atoms with E-state index >= 15 is 0 Å². The Bertz CT molecular complexity index is 867. The number of benzene rings is 1. The zero-order chi connectivity index (χ0) is 17.5. The summed E-state index contributed by atoms with van der Waals surface area (Å²) in [6, 6.07) is 2.63. The van der Waals surface area contributed by atoms with Crippen LogP contribution in [0.5, 0.6) is 0 Å². The van der Waals surface area contributed by atoms with Crippen LogP contribution in [0.3, 0.4) is 0 Å². The zero-order valence-electron chi connectivity index (χ0n) is 12.4. The standard InChI is InChI=1S/C13H13Cl2F2N3O2S/c1-6-4-11(10(15)5-9(6)14)23(21,22)19-12-7(2)18-20(8(12)3)13(16)17/h4-5,13,19H,1-3H3. The number of anilines is 1. The number of rotatable bonds is 4. The second kappa shape index (κ2) is 6.26. The lowest BCUT2D eigenvalue weighted by Crippen LogP contribution is -2.15. The number of sulfonamides is 1. The quantitative estimate of drug-likeness (QED) is 0.855. The van der Waals surface area contributed by atoms with Crippen LogP contribution in [0.2, 0.25) is 10.0 Å². The van der Waals surface area contributed by atoms with Crippen molar-refractivity contribution in [1.29, 1.82) is 0 Å². The number of nitrogens with one attached hydrogen (secondary N) is 1. The molecule has 1 heterocycles. The highest BCUT2D eigenvalue weighted by atomic mass is 35.5. The zero-order valence-corrected chi connectivity index (χ0v) is 14.7. The van der Waals surface area contributed by atoms with Gasteiger partial charge in [-0.2, -0.15) is 13.9 Å². The van der Waals surface area contributed by atoms with Crippen LogP contribution in [-0.2, 0) is 10.0 Å². The van der Waals surface area contributed by atoms with Gasteiger partial charge in [-0.05, 0) is 38.5 Å². The van der Waals surface area contributed by atoms with Gasteiger partial charge < -0.3 is 0 Å². The summed E-state index contributed by atoms with van der Waals surface area (Å²) in [5.74, 6) is 0. The van der Waals surface area contributed by atoms with Gasteiger partial charge in [-0.1, -0.05) is 23.2 Å². The number of aromatic nitrogens is 2. The van der Waals surface area contributed by atoms with Crippen LogP contribution in [0.25, 0.3) is 0 Å².